The zero-order valence-corrected chi connectivity index (χ0v) is 15.8. The van der Waals surface area contributed by atoms with E-state index in [1.54, 1.807) is 7.11 Å². The quantitative estimate of drug-likeness (QED) is 0.642. The van der Waals surface area contributed by atoms with Crippen LogP contribution < -0.4 is 15.2 Å². The number of nitrogens with two attached hydrogens (primary N) is 1. The van der Waals surface area contributed by atoms with Crippen LogP contribution in [-0.2, 0) is 12.8 Å². The van der Waals surface area contributed by atoms with Crippen molar-refractivity contribution < 1.29 is 9.47 Å². The molecule has 3 nitrogen and oxygen atoms in total. The number of methoxy groups -OCH3 is 1. The fraction of sp³-hybridized carbons (Fsp3) is 0.455. The van der Waals surface area contributed by atoms with Crippen molar-refractivity contribution in [3.8, 4) is 11.5 Å². The Bertz CT molecular complexity index is 667. The molecule has 0 aliphatic rings. The first kappa shape index (κ1) is 19.3. The average molecular weight is 341 g/mol. The summed E-state index contributed by atoms with van der Waals surface area (Å²) < 4.78 is 11.4. The van der Waals surface area contributed by atoms with E-state index in [1.165, 1.54) is 22.3 Å². The first-order valence-corrected chi connectivity index (χ1v) is 9.21. The Balaban J connectivity index is 1.96. The van der Waals surface area contributed by atoms with E-state index in [0.717, 1.165) is 43.6 Å². The average Bonchev–Trinajstić information content (AvgIpc) is 2.64. The minimum atomic E-state index is 0.666. The minimum absolute atomic E-state index is 0.666. The second-order valence-corrected chi connectivity index (χ2v) is 6.49. The third-order valence-corrected chi connectivity index (χ3v) is 4.75. The van der Waals surface area contributed by atoms with Crippen LogP contribution in [0.2, 0.25) is 0 Å². The molecular weight excluding hydrogens is 310 g/mol. The van der Waals surface area contributed by atoms with E-state index in [9.17, 15) is 0 Å². The maximum atomic E-state index is 5.97. The minimum Gasteiger partial charge on any atom is -0.496 e. The lowest BCUT2D eigenvalue weighted by molar-refractivity contribution is 0.309. The molecule has 0 unspecified atom stereocenters. The molecular formula is C22H31NO2. The molecule has 0 amide bonds. The van der Waals surface area contributed by atoms with Crippen molar-refractivity contribution in [2.45, 2.75) is 46.0 Å². The lowest BCUT2D eigenvalue weighted by atomic mass is 9.96. The van der Waals surface area contributed by atoms with Gasteiger partial charge in [-0.3, -0.25) is 0 Å². The topological polar surface area (TPSA) is 44.5 Å². The number of hydrogen-bond donors (Lipinski definition) is 1. The molecule has 0 aliphatic heterocycles. The number of benzene rings is 2. The zero-order chi connectivity index (χ0) is 18.1. The van der Waals surface area contributed by atoms with E-state index < -0.39 is 0 Å². The van der Waals surface area contributed by atoms with Crippen molar-refractivity contribution in [2.24, 2.45) is 5.73 Å². The molecule has 0 fully saturated rings. The molecule has 2 N–H and O–H groups in total. The molecule has 0 aromatic heterocycles. The number of rotatable bonds is 10. The SMILES string of the molecule is COc1ccccc1CCCCc1c(OCCCN)ccc(C)c1C. The van der Waals surface area contributed by atoms with Crippen LogP contribution in [0, 0.1) is 13.8 Å². The van der Waals surface area contributed by atoms with Gasteiger partial charge >= 0.3 is 0 Å². The van der Waals surface area contributed by atoms with Gasteiger partial charge in [-0.1, -0.05) is 24.3 Å². The summed E-state index contributed by atoms with van der Waals surface area (Å²) in [6, 6.07) is 12.5. The third kappa shape index (κ3) is 5.50. The van der Waals surface area contributed by atoms with Crippen LogP contribution in [0.4, 0.5) is 0 Å². The highest BCUT2D eigenvalue weighted by molar-refractivity contribution is 5.44. The van der Waals surface area contributed by atoms with Gasteiger partial charge in [0.25, 0.3) is 0 Å². The summed E-state index contributed by atoms with van der Waals surface area (Å²) in [7, 11) is 1.74. The number of unbranched alkanes of at least 4 members (excludes halogenated alkanes) is 1. The zero-order valence-electron chi connectivity index (χ0n) is 15.8. The van der Waals surface area contributed by atoms with Gasteiger partial charge in [0.05, 0.1) is 13.7 Å². The van der Waals surface area contributed by atoms with Crippen LogP contribution in [0.3, 0.4) is 0 Å². The highest BCUT2D eigenvalue weighted by Gasteiger charge is 2.10. The predicted molar refractivity (Wildman–Crippen MR) is 105 cm³/mol. The van der Waals surface area contributed by atoms with Gasteiger partial charge in [-0.2, -0.15) is 0 Å². The first-order chi connectivity index (χ1) is 12.2. The number of aryl methyl sites for hydroxylation is 2. The van der Waals surface area contributed by atoms with Crippen LogP contribution in [0.15, 0.2) is 36.4 Å². The van der Waals surface area contributed by atoms with Gasteiger partial charge in [-0.25, -0.2) is 0 Å². The monoisotopic (exact) mass is 341 g/mol. The van der Waals surface area contributed by atoms with Gasteiger partial charge in [0.1, 0.15) is 11.5 Å². The first-order valence-electron chi connectivity index (χ1n) is 9.21. The van der Waals surface area contributed by atoms with Crippen molar-refractivity contribution in [3.63, 3.8) is 0 Å². The van der Waals surface area contributed by atoms with Gasteiger partial charge in [-0.05, 0) is 86.9 Å². The largest absolute Gasteiger partial charge is 0.496 e. The van der Waals surface area contributed by atoms with Crippen molar-refractivity contribution in [1.29, 1.82) is 0 Å². The van der Waals surface area contributed by atoms with Crippen molar-refractivity contribution in [2.75, 3.05) is 20.3 Å². The molecule has 0 atom stereocenters. The number of para-hydroxylation sites is 1. The Hall–Kier alpha value is -2.00. The lowest BCUT2D eigenvalue weighted by Crippen LogP contribution is -2.08. The maximum Gasteiger partial charge on any atom is 0.122 e. The normalized spacial score (nSPS) is 10.7. The molecule has 25 heavy (non-hydrogen) atoms. The van der Waals surface area contributed by atoms with Crippen molar-refractivity contribution in [1.82, 2.24) is 0 Å². The molecule has 3 heteroatoms. The molecule has 136 valence electrons. The standard InChI is InChI=1S/C22H31NO2/c1-17-13-14-22(25-16-8-15-23)20(18(17)2)11-6-4-9-19-10-5-7-12-21(19)24-3/h5,7,10,12-14H,4,6,8-9,11,15-16,23H2,1-3H3. The molecule has 2 rings (SSSR count). The Kier molecular flexibility index (Phi) is 7.80. The molecule has 0 radical (unpaired) electrons. The number of hydrogen-bond acceptors (Lipinski definition) is 3. The van der Waals surface area contributed by atoms with Crippen LogP contribution in [0.25, 0.3) is 0 Å². The van der Waals surface area contributed by atoms with Gasteiger partial charge < -0.3 is 15.2 Å². The van der Waals surface area contributed by atoms with Gasteiger partial charge in [0.15, 0.2) is 0 Å². The summed E-state index contributed by atoms with van der Waals surface area (Å²) in [5, 5.41) is 0. The summed E-state index contributed by atoms with van der Waals surface area (Å²) in [4.78, 5) is 0. The summed E-state index contributed by atoms with van der Waals surface area (Å²) in [5.74, 6) is 2.01. The van der Waals surface area contributed by atoms with Gasteiger partial charge in [0, 0.05) is 0 Å². The molecule has 0 saturated carbocycles. The Morgan fingerprint density at radius 2 is 1.64 bits per heavy atom. The van der Waals surface area contributed by atoms with E-state index in [2.05, 4.69) is 38.1 Å². The van der Waals surface area contributed by atoms with Crippen LogP contribution in [0.5, 0.6) is 11.5 Å². The molecule has 2 aromatic carbocycles. The van der Waals surface area contributed by atoms with Crippen LogP contribution in [0.1, 0.15) is 41.5 Å². The second kappa shape index (κ2) is 10.1. The van der Waals surface area contributed by atoms with Gasteiger partial charge in [-0.15, -0.1) is 0 Å². The summed E-state index contributed by atoms with van der Waals surface area (Å²) in [6.45, 7) is 5.71. The van der Waals surface area contributed by atoms with E-state index >= 15 is 0 Å². The fourth-order valence-electron chi connectivity index (χ4n) is 3.09. The van der Waals surface area contributed by atoms with Crippen LogP contribution >= 0.6 is 0 Å². The third-order valence-electron chi connectivity index (χ3n) is 4.75. The van der Waals surface area contributed by atoms with Crippen molar-refractivity contribution in [3.05, 3.63) is 58.7 Å². The molecule has 0 bridgehead atoms. The maximum absolute atomic E-state index is 5.97. The molecule has 0 saturated heterocycles. The van der Waals surface area contributed by atoms with E-state index in [4.69, 9.17) is 15.2 Å². The number of ether oxygens (including phenoxy) is 2. The summed E-state index contributed by atoms with van der Waals surface area (Å²) in [5.41, 5.74) is 10.9. The highest BCUT2D eigenvalue weighted by atomic mass is 16.5. The van der Waals surface area contributed by atoms with E-state index in [-0.39, 0.29) is 0 Å². The van der Waals surface area contributed by atoms with E-state index in [0.29, 0.717) is 13.2 Å². The molecule has 0 aliphatic carbocycles. The van der Waals surface area contributed by atoms with Gasteiger partial charge in [0.2, 0.25) is 0 Å². The predicted octanol–water partition coefficient (Wildman–Crippen LogP) is 4.61. The Labute approximate surface area is 152 Å². The van der Waals surface area contributed by atoms with Crippen LogP contribution in [-0.4, -0.2) is 20.3 Å². The molecule has 0 spiro atoms. The molecule has 0 heterocycles. The second-order valence-electron chi connectivity index (χ2n) is 6.49. The Morgan fingerprint density at radius 1 is 0.880 bits per heavy atom. The lowest BCUT2D eigenvalue weighted by Gasteiger charge is -2.16. The highest BCUT2D eigenvalue weighted by Crippen LogP contribution is 2.27. The molecule has 2 aromatic rings. The Morgan fingerprint density at radius 3 is 2.40 bits per heavy atom. The fourth-order valence-corrected chi connectivity index (χ4v) is 3.09. The van der Waals surface area contributed by atoms with E-state index in [1.807, 2.05) is 12.1 Å². The summed E-state index contributed by atoms with van der Waals surface area (Å²) in [6.07, 6.45) is 5.24. The van der Waals surface area contributed by atoms with Crippen molar-refractivity contribution >= 4 is 0 Å². The summed E-state index contributed by atoms with van der Waals surface area (Å²) >= 11 is 0. The smallest absolute Gasteiger partial charge is 0.122 e.